The van der Waals surface area contributed by atoms with Gasteiger partial charge in [-0.1, -0.05) is 50.1 Å². The molecule has 4 heteroatoms. The second-order valence-electron chi connectivity index (χ2n) is 3.99. The van der Waals surface area contributed by atoms with Gasteiger partial charge in [0.1, 0.15) is 0 Å². The summed E-state index contributed by atoms with van der Waals surface area (Å²) in [5.74, 6) is 0.210. The van der Waals surface area contributed by atoms with Gasteiger partial charge in [0.2, 0.25) is 5.91 Å². The zero-order chi connectivity index (χ0) is 12.7. The monoisotopic (exact) mass is 361 g/mol. The van der Waals surface area contributed by atoms with Crippen molar-refractivity contribution >= 4 is 37.8 Å². The standard InChI is InChI=1S/C13H17Br2NO/c1-16(13(17)8-4-5-9-14)10-11-6-2-3-7-12(11)15/h2-3,6-7H,4-5,8-10H2,1H3. The Balaban J connectivity index is 2.46. The average molecular weight is 363 g/mol. The van der Waals surface area contributed by atoms with Crippen molar-refractivity contribution in [2.45, 2.75) is 25.8 Å². The summed E-state index contributed by atoms with van der Waals surface area (Å²) >= 11 is 6.86. The predicted octanol–water partition coefficient (Wildman–Crippen LogP) is 3.97. The van der Waals surface area contributed by atoms with Crippen molar-refractivity contribution in [1.82, 2.24) is 4.90 Å². The topological polar surface area (TPSA) is 20.3 Å². The highest BCUT2D eigenvalue weighted by molar-refractivity contribution is 9.10. The molecule has 0 aliphatic heterocycles. The fourth-order valence-electron chi connectivity index (χ4n) is 1.53. The van der Waals surface area contributed by atoms with E-state index in [4.69, 9.17) is 0 Å². The number of benzene rings is 1. The molecule has 94 valence electrons. The maximum absolute atomic E-state index is 11.8. The number of unbranched alkanes of at least 4 members (excludes halogenated alkanes) is 1. The minimum atomic E-state index is 0.210. The summed E-state index contributed by atoms with van der Waals surface area (Å²) in [5, 5.41) is 0.966. The molecule has 0 heterocycles. The second kappa shape index (κ2) is 7.88. The molecular weight excluding hydrogens is 346 g/mol. The molecule has 1 aromatic rings. The molecule has 2 nitrogen and oxygen atoms in total. The molecule has 17 heavy (non-hydrogen) atoms. The van der Waals surface area contributed by atoms with Crippen molar-refractivity contribution in [3.8, 4) is 0 Å². The molecule has 0 unspecified atom stereocenters. The Hall–Kier alpha value is -0.350. The Bertz CT molecular complexity index is 368. The van der Waals surface area contributed by atoms with E-state index in [-0.39, 0.29) is 5.91 Å². The van der Waals surface area contributed by atoms with E-state index < -0.39 is 0 Å². The van der Waals surface area contributed by atoms with Crippen LogP contribution in [0.2, 0.25) is 0 Å². The van der Waals surface area contributed by atoms with Crippen LogP contribution in [0, 0.1) is 0 Å². The molecule has 0 atom stereocenters. The van der Waals surface area contributed by atoms with Gasteiger partial charge in [-0.05, 0) is 24.5 Å². The number of amides is 1. The first-order valence-corrected chi connectivity index (χ1v) is 7.60. The van der Waals surface area contributed by atoms with E-state index in [0.29, 0.717) is 13.0 Å². The molecule has 1 amide bonds. The van der Waals surface area contributed by atoms with E-state index >= 15 is 0 Å². The number of alkyl halides is 1. The lowest BCUT2D eigenvalue weighted by Crippen LogP contribution is -2.26. The number of nitrogens with zero attached hydrogens (tertiary/aromatic N) is 1. The summed E-state index contributed by atoms with van der Waals surface area (Å²) in [6.45, 7) is 0.661. The van der Waals surface area contributed by atoms with Gasteiger partial charge in [0.05, 0.1) is 0 Å². The van der Waals surface area contributed by atoms with Gasteiger partial charge in [-0.3, -0.25) is 4.79 Å². The van der Waals surface area contributed by atoms with E-state index in [0.717, 1.165) is 28.2 Å². The van der Waals surface area contributed by atoms with Crippen LogP contribution in [0.5, 0.6) is 0 Å². The highest BCUT2D eigenvalue weighted by Gasteiger charge is 2.09. The van der Waals surface area contributed by atoms with Gasteiger partial charge < -0.3 is 4.90 Å². The molecule has 0 spiro atoms. The first-order chi connectivity index (χ1) is 8.15. The quantitative estimate of drug-likeness (QED) is 0.553. The molecule has 0 aliphatic rings. The highest BCUT2D eigenvalue weighted by Crippen LogP contribution is 2.17. The third kappa shape index (κ3) is 5.21. The first-order valence-electron chi connectivity index (χ1n) is 5.68. The fraction of sp³-hybridized carbons (Fsp3) is 0.462. The zero-order valence-corrected chi connectivity index (χ0v) is 13.1. The van der Waals surface area contributed by atoms with Gasteiger partial charge >= 0.3 is 0 Å². The van der Waals surface area contributed by atoms with E-state index in [1.54, 1.807) is 4.90 Å². The maximum Gasteiger partial charge on any atom is 0.222 e. The summed E-state index contributed by atoms with van der Waals surface area (Å²) in [7, 11) is 1.86. The van der Waals surface area contributed by atoms with Gasteiger partial charge in [0.25, 0.3) is 0 Å². The van der Waals surface area contributed by atoms with E-state index in [1.807, 2.05) is 31.3 Å². The van der Waals surface area contributed by atoms with E-state index in [9.17, 15) is 4.79 Å². The molecule has 0 fully saturated rings. The number of carbonyl (C=O) groups is 1. The van der Waals surface area contributed by atoms with Crippen molar-refractivity contribution in [3.05, 3.63) is 34.3 Å². The zero-order valence-electron chi connectivity index (χ0n) is 9.96. The Morgan fingerprint density at radius 3 is 2.65 bits per heavy atom. The number of carbonyl (C=O) groups excluding carboxylic acids is 1. The van der Waals surface area contributed by atoms with Crippen LogP contribution in [-0.2, 0) is 11.3 Å². The van der Waals surface area contributed by atoms with Gasteiger partial charge in [0.15, 0.2) is 0 Å². The summed E-state index contributed by atoms with van der Waals surface area (Å²) in [4.78, 5) is 13.6. The maximum atomic E-state index is 11.8. The second-order valence-corrected chi connectivity index (χ2v) is 5.63. The molecule has 0 bridgehead atoms. The molecule has 0 aliphatic carbocycles. The van der Waals surface area contributed by atoms with Crippen LogP contribution >= 0.6 is 31.9 Å². The van der Waals surface area contributed by atoms with Crippen molar-refractivity contribution in [2.24, 2.45) is 0 Å². The van der Waals surface area contributed by atoms with Gasteiger partial charge in [-0.25, -0.2) is 0 Å². The third-order valence-electron chi connectivity index (χ3n) is 2.57. The summed E-state index contributed by atoms with van der Waals surface area (Å²) < 4.78 is 1.06. The lowest BCUT2D eigenvalue weighted by atomic mass is 10.2. The molecule has 0 radical (unpaired) electrons. The van der Waals surface area contributed by atoms with Crippen molar-refractivity contribution in [1.29, 1.82) is 0 Å². The van der Waals surface area contributed by atoms with Crippen LogP contribution in [-0.4, -0.2) is 23.2 Å². The largest absolute Gasteiger partial charge is 0.341 e. The Morgan fingerprint density at radius 1 is 1.29 bits per heavy atom. The van der Waals surface area contributed by atoms with Gasteiger partial charge in [0, 0.05) is 29.8 Å². The third-order valence-corrected chi connectivity index (χ3v) is 3.90. The Kier molecular flexibility index (Phi) is 6.82. The van der Waals surface area contributed by atoms with Crippen LogP contribution in [0.25, 0.3) is 0 Å². The van der Waals surface area contributed by atoms with Crippen molar-refractivity contribution in [2.75, 3.05) is 12.4 Å². The molecule has 0 N–H and O–H groups in total. The SMILES string of the molecule is CN(Cc1ccccc1Br)C(=O)CCCCBr. The molecule has 1 aromatic carbocycles. The van der Waals surface area contributed by atoms with E-state index in [2.05, 4.69) is 31.9 Å². The van der Waals surface area contributed by atoms with Crippen LogP contribution in [0.1, 0.15) is 24.8 Å². The van der Waals surface area contributed by atoms with Gasteiger partial charge in [-0.15, -0.1) is 0 Å². The van der Waals surface area contributed by atoms with E-state index in [1.165, 1.54) is 0 Å². The molecular formula is C13H17Br2NO. The smallest absolute Gasteiger partial charge is 0.222 e. The van der Waals surface area contributed by atoms with Crippen molar-refractivity contribution < 1.29 is 4.79 Å². The van der Waals surface area contributed by atoms with Crippen LogP contribution in [0.3, 0.4) is 0 Å². The molecule has 0 saturated carbocycles. The Morgan fingerprint density at radius 2 is 2.00 bits per heavy atom. The first kappa shape index (κ1) is 14.7. The number of rotatable bonds is 6. The Labute approximate surface area is 120 Å². The van der Waals surface area contributed by atoms with Gasteiger partial charge in [-0.2, -0.15) is 0 Å². The summed E-state index contributed by atoms with van der Waals surface area (Å²) in [6.07, 6.45) is 2.63. The average Bonchev–Trinajstić information content (AvgIpc) is 2.32. The van der Waals surface area contributed by atoms with Crippen molar-refractivity contribution in [3.63, 3.8) is 0 Å². The molecule has 0 saturated heterocycles. The fourth-order valence-corrected chi connectivity index (χ4v) is 2.34. The van der Waals surface area contributed by atoms with Crippen LogP contribution in [0.4, 0.5) is 0 Å². The van der Waals surface area contributed by atoms with Crippen LogP contribution < -0.4 is 0 Å². The highest BCUT2D eigenvalue weighted by atomic mass is 79.9. The van der Waals surface area contributed by atoms with Crippen LogP contribution in [0.15, 0.2) is 28.7 Å². The summed E-state index contributed by atoms with van der Waals surface area (Å²) in [5.41, 5.74) is 1.14. The minimum Gasteiger partial charge on any atom is -0.341 e. The summed E-state index contributed by atoms with van der Waals surface area (Å²) in [6, 6.07) is 8.00. The molecule has 0 aromatic heterocycles. The number of halogens is 2. The normalized spacial score (nSPS) is 10.3. The minimum absolute atomic E-state index is 0.210. The number of hydrogen-bond acceptors (Lipinski definition) is 1. The lowest BCUT2D eigenvalue weighted by Gasteiger charge is -2.18. The number of hydrogen-bond donors (Lipinski definition) is 0. The predicted molar refractivity (Wildman–Crippen MR) is 78.3 cm³/mol. The molecule has 1 rings (SSSR count). The lowest BCUT2D eigenvalue weighted by molar-refractivity contribution is -0.130.